The molecule has 4 saturated carbocycles. The number of amides is 1. The third-order valence-corrected chi connectivity index (χ3v) is 14.8. The summed E-state index contributed by atoms with van der Waals surface area (Å²) in [6.45, 7) is 14.5. The summed E-state index contributed by atoms with van der Waals surface area (Å²) in [4.78, 5) is 25.5. The zero-order chi connectivity index (χ0) is 33.5. The Bertz CT molecular complexity index is 1240. The van der Waals surface area contributed by atoms with Crippen molar-refractivity contribution in [3.8, 4) is 0 Å². The molecule has 1 aliphatic heterocycles. The lowest BCUT2D eigenvalue weighted by Crippen LogP contribution is -2.54. The van der Waals surface area contributed by atoms with Crippen molar-refractivity contribution in [2.24, 2.45) is 58.2 Å². The second kappa shape index (κ2) is 14.1. The predicted octanol–water partition coefficient (Wildman–Crippen LogP) is 8.36. The van der Waals surface area contributed by atoms with Gasteiger partial charge in [-0.05, 0) is 122 Å². The molecule has 4 aliphatic carbocycles. The number of carbonyl (C=O) groups excluding carboxylic acids is 2. The first-order valence-electron chi connectivity index (χ1n) is 19.2. The van der Waals surface area contributed by atoms with Gasteiger partial charge in [0.2, 0.25) is 5.91 Å². The standard InChI is InChI=1S/C41H63NO5/c1-8-25(2)37(39(44)45-7)42-38(43)26(3)14-17-34-27(4)36-35(47-34)23-33-31-16-15-29-22-30(46-24-28-12-10-9-11-13-28)18-20-40(29,5)32(31)19-21-41(33,36)6/h9-13,25-27,29-37H,8,14-24H2,1-7H3,(H,42,43)/t25?,26-,27+,29+,30-,31+,32-,33-,34+,35-,36-,37?,40-,41-/m0/s1. The maximum absolute atomic E-state index is 13.1. The monoisotopic (exact) mass is 649 g/mol. The van der Waals surface area contributed by atoms with E-state index in [1.807, 2.05) is 20.8 Å². The van der Waals surface area contributed by atoms with Crippen LogP contribution in [0.25, 0.3) is 0 Å². The van der Waals surface area contributed by atoms with Crippen molar-refractivity contribution < 1.29 is 23.8 Å². The van der Waals surface area contributed by atoms with E-state index in [-0.39, 0.29) is 29.8 Å². The van der Waals surface area contributed by atoms with E-state index in [4.69, 9.17) is 14.2 Å². The number of methoxy groups -OCH3 is 1. The van der Waals surface area contributed by atoms with E-state index in [0.29, 0.717) is 34.9 Å². The normalized spacial score (nSPS) is 41.0. The number of fused-ring (bicyclic) bond motifs is 7. The average molecular weight is 650 g/mol. The van der Waals surface area contributed by atoms with Crippen LogP contribution in [0.1, 0.15) is 118 Å². The highest BCUT2D eigenvalue weighted by molar-refractivity contribution is 5.85. The average Bonchev–Trinajstić information content (AvgIpc) is 3.56. The second-order valence-electron chi connectivity index (χ2n) is 17.1. The van der Waals surface area contributed by atoms with Crippen LogP contribution in [-0.2, 0) is 30.4 Å². The maximum atomic E-state index is 13.1. The lowest BCUT2D eigenvalue weighted by molar-refractivity contribution is -0.147. The van der Waals surface area contributed by atoms with Crippen LogP contribution < -0.4 is 5.32 Å². The quantitative estimate of drug-likeness (QED) is 0.244. The fourth-order valence-corrected chi connectivity index (χ4v) is 11.8. The highest BCUT2D eigenvalue weighted by Gasteiger charge is 2.65. The molecule has 5 aliphatic rings. The first-order valence-corrected chi connectivity index (χ1v) is 19.2. The van der Waals surface area contributed by atoms with Gasteiger partial charge in [0.1, 0.15) is 6.04 Å². The van der Waals surface area contributed by atoms with Crippen molar-refractivity contribution >= 4 is 11.9 Å². The van der Waals surface area contributed by atoms with Crippen LogP contribution in [-0.4, -0.2) is 43.3 Å². The number of hydrogen-bond acceptors (Lipinski definition) is 5. The lowest BCUT2D eigenvalue weighted by Gasteiger charge is -2.61. The summed E-state index contributed by atoms with van der Waals surface area (Å²) < 4.78 is 18.4. The van der Waals surface area contributed by atoms with E-state index in [1.54, 1.807) is 0 Å². The summed E-state index contributed by atoms with van der Waals surface area (Å²) in [7, 11) is 1.39. The molecule has 1 aromatic carbocycles. The van der Waals surface area contributed by atoms with E-state index in [0.717, 1.165) is 49.5 Å². The van der Waals surface area contributed by atoms with Gasteiger partial charge in [0.25, 0.3) is 0 Å². The molecule has 1 saturated heterocycles. The first kappa shape index (κ1) is 34.9. The molecule has 2 unspecified atom stereocenters. The molecule has 262 valence electrons. The van der Waals surface area contributed by atoms with Gasteiger partial charge in [-0.1, -0.05) is 78.3 Å². The molecule has 0 aromatic heterocycles. The predicted molar refractivity (Wildman–Crippen MR) is 185 cm³/mol. The van der Waals surface area contributed by atoms with Crippen molar-refractivity contribution in [2.75, 3.05) is 7.11 Å². The number of hydrogen-bond donors (Lipinski definition) is 1. The number of nitrogens with one attached hydrogen (secondary N) is 1. The number of ether oxygens (including phenoxy) is 3. The van der Waals surface area contributed by atoms with Crippen molar-refractivity contribution in [2.45, 2.75) is 143 Å². The number of carbonyl (C=O) groups is 2. The van der Waals surface area contributed by atoms with Gasteiger partial charge >= 0.3 is 5.97 Å². The smallest absolute Gasteiger partial charge is 0.328 e. The molecule has 1 amide bonds. The Morgan fingerprint density at radius 1 is 1.00 bits per heavy atom. The minimum atomic E-state index is -0.590. The van der Waals surface area contributed by atoms with Crippen LogP contribution in [0, 0.1) is 58.2 Å². The molecular formula is C41H63NO5. The molecule has 6 nitrogen and oxygen atoms in total. The molecule has 6 heteroatoms. The van der Waals surface area contributed by atoms with Gasteiger partial charge in [-0.3, -0.25) is 4.79 Å². The van der Waals surface area contributed by atoms with Gasteiger partial charge in [0, 0.05) is 5.92 Å². The highest BCUT2D eigenvalue weighted by atomic mass is 16.5. The van der Waals surface area contributed by atoms with E-state index >= 15 is 0 Å². The van der Waals surface area contributed by atoms with Crippen LogP contribution in [0.15, 0.2) is 30.3 Å². The van der Waals surface area contributed by atoms with Crippen LogP contribution in [0.3, 0.4) is 0 Å². The molecule has 5 fully saturated rings. The summed E-state index contributed by atoms with van der Waals surface area (Å²) in [6, 6.07) is 10.1. The largest absolute Gasteiger partial charge is 0.467 e. The van der Waals surface area contributed by atoms with Crippen molar-refractivity contribution in [1.29, 1.82) is 0 Å². The topological polar surface area (TPSA) is 73.9 Å². The van der Waals surface area contributed by atoms with Gasteiger partial charge in [-0.2, -0.15) is 0 Å². The fourth-order valence-electron chi connectivity index (χ4n) is 11.8. The Labute approximate surface area is 284 Å². The third kappa shape index (κ3) is 6.56. The Morgan fingerprint density at radius 2 is 1.74 bits per heavy atom. The summed E-state index contributed by atoms with van der Waals surface area (Å²) in [5.41, 5.74) is 2.08. The number of benzene rings is 1. The van der Waals surface area contributed by atoms with Crippen LogP contribution >= 0.6 is 0 Å². The second-order valence-corrected chi connectivity index (χ2v) is 17.1. The van der Waals surface area contributed by atoms with Crippen molar-refractivity contribution in [3.63, 3.8) is 0 Å². The molecule has 0 spiro atoms. The molecule has 1 heterocycles. The van der Waals surface area contributed by atoms with E-state index < -0.39 is 6.04 Å². The van der Waals surface area contributed by atoms with Gasteiger partial charge in [-0.15, -0.1) is 0 Å². The minimum absolute atomic E-state index is 0.0338. The molecule has 1 N–H and O–H groups in total. The molecule has 1 aromatic rings. The Hall–Kier alpha value is -1.92. The zero-order valence-electron chi connectivity index (χ0n) is 30.3. The van der Waals surface area contributed by atoms with E-state index in [1.165, 1.54) is 64.0 Å². The van der Waals surface area contributed by atoms with Gasteiger partial charge < -0.3 is 19.5 Å². The molecule has 47 heavy (non-hydrogen) atoms. The third-order valence-electron chi connectivity index (χ3n) is 14.8. The molecule has 6 rings (SSSR count). The lowest BCUT2D eigenvalue weighted by atomic mass is 9.44. The fraction of sp³-hybridized carbons (Fsp3) is 0.805. The van der Waals surface area contributed by atoms with Gasteiger partial charge in [0.05, 0.1) is 32.0 Å². The van der Waals surface area contributed by atoms with Crippen LogP contribution in [0.5, 0.6) is 0 Å². The molecule has 0 bridgehead atoms. The van der Waals surface area contributed by atoms with E-state index in [9.17, 15) is 9.59 Å². The summed E-state index contributed by atoms with van der Waals surface area (Å²) in [6.07, 6.45) is 13.9. The molecular weight excluding hydrogens is 586 g/mol. The van der Waals surface area contributed by atoms with Gasteiger partial charge in [-0.25, -0.2) is 4.79 Å². The molecule has 14 atom stereocenters. The number of esters is 1. The maximum Gasteiger partial charge on any atom is 0.328 e. The van der Waals surface area contributed by atoms with Crippen LogP contribution in [0.2, 0.25) is 0 Å². The number of rotatable bonds is 11. The Morgan fingerprint density at radius 3 is 2.47 bits per heavy atom. The summed E-state index contributed by atoms with van der Waals surface area (Å²) in [5.74, 6) is 3.79. The first-order chi connectivity index (χ1) is 22.5. The zero-order valence-corrected chi connectivity index (χ0v) is 30.3. The summed E-state index contributed by atoms with van der Waals surface area (Å²) >= 11 is 0. The Kier molecular flexibility index (Phi) is 10.5. The summed E-state index contributed by atoms with van der Waals surface area (Å²) in [5, 5.41) is 2.99. The van der Waals surface area contributed by atoms with Crippen LogP contribution in [0.4, 0.5) is 0 Å². The highest BCUT2D eigenvalue weighted by Crippen LogP contribution is 2.70. The van der Waals surface area contributed by atoms with E-state index in [2.05, 4.69) is 56.4 Å². The van der Waals surface area contributed by atoms with Crippen molar-refractivity contribution in [1.82, 2.24) is 5.32 Å². The Balaban J connectivity index is 1.03. The van der Waals surface area contributed by atoms with Crippen molar-refractivity contribution in [3.05, 3.63) is 35.9 Å². The van der Waals surface area contributed by atoms with Gasteiger partial charge in [0.15, 0.2) is 0 Å². The molecule has 0 radical (unpaired) electrons. The SMILES string of the molecule is CCC(C)C(NC(=O)[C@@H](C)CC[C@H]1O[C@H]2C[C@H]3[C@@H]4CC[C@@H]5C[C@@H](OCc6ccccc6)CC[C@]5(C)[C@H]4CC[C@]3(C)[C@H]2[C@@H]1C)C(=O)OC. The minimum Gasteiger partial charge on any atom is -0.467 e.